The van der Waals surface area contributed by atoms with Crippen molar-refractivity contribution in [1.29, 1.82) is 0 Å². The normalized spacial score (nSPS) is 11.5. The van der Waals surface area contributed by atoms with E-state index in [0.717, 1.165) is 5.56 Å². The Kier molecular flexibility index (Phi) is 5.24. The van der Waals surface area contributed by atoms with Crippen LogP contribution in [0, 0.1) is 0 Å². The Morgan fingerprint density at radius 3 is 2.67 bits per heavy atom. The molecule has 0 bridgehead atoms. The molecule has 0 amide bonds. The smallest absolute Gasteiger partial charge is 0.362 e. The lowest BCUT2D eigenvalue weighted by Crippen LogP contribution is -2.17. The third kappa shape index (κ3) is 4.81. The maximum Gasteiger partial charge on any atom is 0.362 e. The molecule has 1 aromatic carbocycles. The Morgan fingerprint density at radius 1 is 1.39 bits per heavy atom. The van der Waals surface area contributed by atoms with Gasteiger partial charge < -0.3 is 9.47 Å². The topological polar surface area (TPSA) is 72.8 Å². The van der Waals surface area contributed by atoms with Crippen LogP contribution in [0.2, 0.25) is 0 Å². The largest absolute Gasteiger partial charge is 0.497 e. The van der Waals surface area contributed by atoms with E-state index in [2.05, 4.69) is 0 Å². The minimum absolute atomic E-state index is 0.252. The summed E-state index contributed by atoms with van der Waals surface area (Å²) in [7, 11) is -2.64. The lowest BCUT2D eigenvalue weighted by Gasteiger charge is -2.10. The molecule has 18 heavy (non-hydrogen) atoms. The molecule has 0 fully saturated rings. The molecule has 1 rings (SSSR count). The van der Waals surface area contributed by atoms with Gasteiger partial charge in [-0.15, -0.1) is 0 Å². The summed E-state index contributed by atoms with van der Waals surface area (Å²) in [5, 5.41) is 0. The van der Waals surface area contributed by atoms with Gasteiger partial charge in [0.1, 0.15) is 0 Å². The highest BCUT2D eigenvalue weighted by atomic mass is 32.2. The molecule has 0 unspecified atom stereocenters. The van der Waals surface area contributed by atoms with E-state index < -0.39 is 9.97 Å². The quantitative estimate of drug-likeness (QED) is 0.626. The summed E-state index contributed by atoms with van der Waals surface area (Å²) in [5.41, 5.74) is 0.945. The molecule has 0 aliphatic heterocycles. The minimum atomic E-state index is -4.13. The number of methoxy groups -OCH3 is 1. The molecule has 0 aliphatic carbocycles. The van der Waals surface area contributed by atoms with Crippen LogP contribution in [0.15, 0.2) is 24.3 Å². The highest BCUT2D eigenvalue weighted by Crippen LogP contribution is 2.28. The Hall–Kier alpha value is -1.47. The first kappa shape index (κ1) is 14.6. The van der Waals surface area contributed by atoms with E-state index in [9.17, 15) is 8.42 Å². The summed E-state index contributed by atoms with van der Waals surface area (Å²) in [6, 6.07) is 5.25. The van der Waals surface area contributed by atoms with E-state index in [1.807, 2.05) is 25.1 Å². The van der Waals surface area contributed by atoms with Crippen LogP contribution in [-0.4, -0.2) is 33.1 Å². The molecule has 0 heterocycles. The second-order valence-corrected chi connectivity index (χ2v) is 4.77. The molecule has 0 atom stereocenters. The fourth-order valence-electron chi connectivity index (χ4n) is 1.31. The second-order valence-electron chi connectivity index (χ2n) is 3.40. The van der Waals surface area contributed by atoms with Crippen LogP contribution in [0.4, 0.5) is 0 Å². The summed E-state index contributed by atoms with van der Waals surface area (Å²) < 4.78 is 39.8. The summed E-state index contributed by atoms with van der Waals surface area (Å²) >= 11 is 0. The average Bonchev–Trinajstić information content (AvgIpc) is 2.29. The van der Waals surface area contributed by atoms with E-state index in [-0.39, 0.29) is 6.51 Å². The number of rotatable bonds is 6. The molecule has 0 saturated carbocycles. The number of hydrogen-bond acceptors (Lipinski definition) is 4. The number of hydrogen-bond donors (Lipinski definition) is 1. The van der Waals surface area contributed by atoms with Gasteiger partial charge >= 0.3 is 6.56 Å². The Balaban J connectivity index is 2.76. The van der Waals surface area contributed by atoms with Crippen LogP contribution in [0.3, 0.4) is 0 Å². The van der Waals surface area contributed by atoms with E-state index >= 15 is 0 Å². The number of allylic oxidation sites excluding steroid dienone is 1. The lowest BCUT2D eigenvalue weighted by molar-refractivity contribution is 0.340. The molecule has 1 radical (unpaired) electrons. The van der Waals surface area contributed by atoms with Gasteiger partial charge in [-0.1, -0.05) is 18.2 Å². The van der Waals surface area contributed by atoms with E-state index in [0.29, 0.717) is 18.1 Å². The van der Waals surface area contributed by atoms with Crippen molar-refractivity contribution in [1.82, 2.24) is 0 Å². The Labute approximate surface area is 107 Å². The van der Waals surface area contributed by atoms with Crippen LogP contribution in [0.1, 0.15) is 12.5 Å². The van der Waals surface area contributed by atoms with E-state index in [1.165, 1.54) is 7.11 Å². The van der Waals surface area contributed by atoms with Crippen LogP contribution < -0.4 is 9.47 Å². The minimum Gasteiger partial charge on any atom is -0.497 e. The van der Waals surface area contributed by atoms with Crippen LogP contribution in [0.25, 0.3) is 6.08 Å². The van der Waals surface area contributed by atoms with Gasteiger partial charge in [-0.25, -0.2) is 8.42 Å². The molecule has 0 aromatic heterocycles. The lowest BCUT2D eigenvalue weighted by atomic mass is 10.1. The first-order valence-electron chi connectivity index (χ1n) is 5.20. The molecule has 0 saturated heterocycles. The van der Waals surface area contributed by atoms with Crippen molar-refractivity contribution >= 4 is 22.6 Å². The molecule has 1 N–H and O–H groups in total. The fraction of sp³-hybridized carbons (Fsp3) is 0.273. The highest BCUT2D eigenvalue weighted by molar-refractivity contribution is 8.10. The fourth-order valence-corrected chi connectivity index (χ4v) is 1.55. The monoisotopic (exact) mass is 269 g/mol. The molecule has 0 spiro atoms. The zero-order valence-corrected chi connectivity index (χ0v) is 11.0. The number of ether oxygens (including phenoxy) is 2. The summed E-state index contributed by atoms with van der Waals surface area (Å²) in [6.45, 7) is 2.32. The highest BCUT2D eigenvalue weighted by Gasteiger charge is 2.11. The average molecular weight is 269 g/mol. The zero-order chi connectivity index (χ0) is 13.6. The second kappa shape index (κ2) is 6.46. The van der Waals surface area contributed by atoms with Gasteiger partial charge in [0.2, 0.25) is 9.97 Å². The van der Waals surface area contributed by atoms with E-state index in [1.54, 1.807) is 12.1 Å². The van der Waals surface area contributed by atoms with Crippen molar-refractivity contribution in [3.8, 4) is 11.5 Å². The van der Waals surface area contributed by atoms with Crippen molar-refractivity contribution in [2.75, 3.05) is 13.6 Å². The van der Waals surface area contributed by atoms with Crippen molar-refractivity contribution in [2.45, 2.75) is 6.92 Å². The van der Waals surface area contributed by atoms with Gasteiger partial charge in [0, 0.05) is 0 Å². The van der Waals surface area contributed by atoms with Crippen LogP contribution >= 0.6 is 0 Å². The maximum atomic E-state index is 10.5. The van der Waals surface area contributed by atoms with Crippen molar-refractivity contribution in [2.24, 2.45) is 0 Å². The van der Waals surface area contributed by atoms with Gasteiger partial charge in [-0.05, 0) is 24.6 Å². The molecule has 1 aromatic rings. The van der Waals surface area contributed by atoms with Gasteiger partial charge in [-0.3, -0.25) is 4.55 Å². The summed E-state index contributed by atoms with van der Waals surface area (Å²) in [4.78, 5) is 0. The summed E-state index contributed by atoms with van der Waals surface area (Å²) in [5.74, 6) is 0.903. The van der Waals surface area contributed by atoms with Gasteiger partial charge in [0.05, 0.1) is 13.6 Å². The van der Waals surface area contributed by atoms with Crippen LogP contribution in [0.5, 0.6) is 11.5 Å². The molecule has 5 nitrogen and oxygen atoms in total. The van der Waals surface area contributed by atoms with E-state index in [4.69, 9.17) is 14.0 Å². The van der Waals surface area contributed by atoms with Crippen molar-refractivity contribution in [3.63, 3.8) is 0 Å². The van der Waals surface area contributed by atoms with Crippen molar-refractivity contribution < 1.29 is 22.4 Å². The first-order valence-corrected chi connectivity index (χ1v) is 6.71. The predicted molar refractivity (Wildman–Crippen MR) is 70.5 cm³/mol. The van der Waals surface area contributed by atoms with Crippen molar-refractivity contribution in [3.05, 3.63) is 29.8 Å². The molecular weight excluding hydrogens is 255 g/mol. The SMILES string of the molecule is C/C=C/c1ccc(OC[B]S(=O)(=O)O)c(OC)c1. The third-order valence-corrected chi connectivity index (χ3v) is 2.62. The number of benzene rings is 1. The first-order chi connectivity index (χ1) is 8.46. The van der Waals surface area contributed by atoms with Crippen LogP contribution in [-0.2, 0) is 9.97 Å². The molecule has 7 heteroatoms. The Bertz CT molecular complexity index is 524. The maximum absolute atomic E-state index is 10.5. The molecule has 97 valence electrons. The Morgan fingerprint density at radius 2 is 2.11 bits per heavy atom. The predicted octanol–water partition coefficient (Wildman–Crippen LogP) is 1.57. The zero-order valence-electron chi connectivity index (χ0n) is 10.2. The molecule has 0 aliphatic rings. The summed E-state index contributed by atoms with van der Waals surface area (Å²) in [6.07, 6.45) is 3.79. The van der Waals surface area contributed by atoms with Gasteiger partial charge in [-0.2, -0.15) is 0 Å². The van der Waals surface area contributed by atoms with Gasteiger partial charge in [0.15, 0.2) is 11.5 Å². The van der Waals surface area contributed by atoms with Gasteiger partial charge in [0.25, 0.3) is 0 Å². The molecular formula is C11H14BO5S. The third-order valence-electron chi connectivity index (χ3n) is 2.06. The standard InChI is InChI=1S/C11H14BO5S/c1-3-4-9-5-6-10(11(7-9)16-2)17-8-12-18(13,14)15/h3-7H,8H2,1-2H3,(H,13,14,15)/b4-3+.